The minimum atomic E-state index is -0.439. The summed E-state index contributed by atoms with van der Waals surface area (Å²) >= 11 is 0. The predicted molar refractivity (Wildman–Crippen MR) is 70.2 cm³/mol. The summed E-state index contributed by atoms with van der Waals surface area (Å²) in [5.41, 5.74) is 0.0689. The lowest BCUT2D eigenvalue weighted by atomic mass is 9.79. The Morgan fingerprint density at radius 1 is 1.28 bits per heavy atom. The van der Waals surface area contributed by atoms with Gasteiger partial charge in [-0.05, 0) is 46.6 Å². The first kappa shape index (κ1) is 13.2. The van der Waals surface area contributed by atoms with E-state index in [1.165, 1.54) is 0 Å². The van der Waals surface area contributed by atoms with E-state index in [0.717, 1.165) is 12.8 Å². The molecule has 0 bridgehead atoms. The first-order valence-corrected chi connectivity index (χ1v) is 6.44. The van der Waals surface area contributed by atoms with Crippen molar-refractivity contribution >= 4 is 5.91 Å². The van der Waals surface area contributed by atoms with Crippen molar-refractivity contribution in [2.75, 3.05) is 0 Å². The van der Waals surface area contributed by atoms with Crippen LogP contribution in [0.15, 0.2) is 22.5 Å². The zero-order valence-corrected chi connectivity index (χ0v) is 11.5. The van der Waals surface area contributed by atoms with Crippen molar-refractivity contribution in [2.24, 2.45) is 10.2 Å². The van der Waals surface area contributed by atoms with E-state index in [1.807, 2.05) is 0 Å². The highest BCUT2D eigenvalue weighted by Gasteiger charge is 2.38. The van der Waals surface area contributed by atoms with Gasteiger partial charge in [-0.25, -0.2) is 0 Å². The Morgan fingerprint density at radius 2 is 1.89 bits per heavy atom. The molecule has 0 unspecified atom stereocenters. The van der Waals surface area contributed by atoms with Crippen LogP contribution in [0, 0.1) is 0 Å². The smallest absolute Gasteiger partial charge is 0.251 e. The summed E-state index contributed by atoms with van der Waals surface area (Å²) in [6.07, 6.45) is 5.14. The largest absolute Gasteiger partial charge is 0.351 e. The van der Waals surface area contributed by atoms with Gasteiger partial charge >= 0.3 is 0 Å². The molecule has 0 aromatic heterocycles. The van der Waals surface area contributed by atoms with Crippen LogP contribution < -0.4 is 10.6 Å². The van der Waals surface area contributed by atoms with Gasteiger partial charge in [0.25, 0.3) is 5.91 Å². The minimum absolute atomic E-state index is 0.0345. The lowest BCUT2D eigenvalue weighted by molar-refractivity contribution is -0.122. The van der Waals surface area contributed by atoms with Gasteiger partial charge < -0.3 is 10.6 Å². The zero-order chi connectivity index (χ0) is 13.4. The van der Waals surface area contributed by atoms with Gasteiger partial charge in [0.05, 0.1) is 0 Å². The molecular weight excluding hydrogens is 228 g/mol. The van der Waals surface area contributed by atoms with E-state index in [2.05, 4.69) is 48.6 Å². The maximum absolute atomic E-state index is 12.0. The number of azo groups is 1. The normalized spacial score (nSPS) is 29.4. The Morgan fingerprint density at radius 3 is 2.39 bits per heavy atom. The number of amides is 1. The molecule has 1 fully saturated rings. The summed E-state index contributed by atoms with van der Waals surface area (Å²) in [5, 5.41) is 14.3. The van der Waals surface area contributed by atoms with Gasteiger partial charge in [-0.2, -0.15) is 10.2 Å². The molecule has 5 heteroatoms. The van der Waals surface area contributed by atoms with Crippen LogP contribution in [0.4, 0.5) is 0 Å². The quantitative estimate of drug-likeness (QED) is 0.784. The molecule has 0 spiro atoms. The van der Waals surface area contributed by atoms with Gasteiger partial charge in [0.1, 0.15) is 0 Å². The molecule has 1 amide bonds. The maximum atomic E-state index is 12.0. The van der Waals surface area contributed by atoms with Crippen LogP contribution in [0.5, 0.6) is 0 Å². The fraction of sp³-hybridized carbons (Fsp3) is 0.769. The van der Waals surface area contributed by atoms with Crippen LogP contribution >= 0.6 is 0 Å². The van der Waals surface area contributed by atoms with Crippen molar-refractivity contribution in [3.05, 3.63) is 12.3 Å². The second-order valence-electron chi connectivity index (χ2n) is 6.52. The second kappa shape index (κ2) is 4.46. The molecule has 5 nitrogen and oxygen atoms in total. The van der Waals surface area contributed by atoms with Crippen LogP contribution in [-0.2, 0) is 4.79 Å². The number of rotatable bonds is 2. The fourth-order valence-electron chi connectivity index (χ4n) is 3.12. The summed E-state index contributed by atoms with van der Waals surface area (Å²) in [7, 11) is 0. The van der Waals surface area contributed by atoms with E-state index in [1.54, 1.807) is 12.3 Å². The highest BCUT2D eigenvalue weighted by molar-refractivity contribution is 5.84. The standard InChI is InChI=1S/C13H22N4O/c1-12(2)7-9(8-13(3,4)17-12)15-11(18)10-5-6-14-16-10/h5-6,9-10,17H,7-8H2,1-4H3,(H,15,18)/t10-/m0/s1. The molecule has 1 saturated heterocycles. The first-order chi connectivity index (χ1) is 8.27. The third-order valence-electron chi connectivity index (χ3n) is 3.33. The monoisotopic (exact) mass is 250 g/mol. The first-order valence-electron chi connectivity index (χ1n) is 6.44. The summed E-state index contributed by atoms with van der Waals surface area (Å²) < 4.78 is 0. The van der Waals surface area contributed by atoms with Crippen molar-refractivity contribution in [1.29, 1.82) is 0 Å². The van der Waals surface area contributed by atoms with Gasteiger partial charge in [-0.15, -0.1) is 0 Å². The Bertz CT molecular complexity index is 370. The van der Waals surface area contributed by atoms with Crippen LogP contribution in [0.1, 0.15) is 40.5 Å². The van der Waals surface area contributed by atoms with Crippen LogP contribution in [0.2, 0.25) is 0 Å². The van der Waals surface area contributed by atoms with Gasteiger partial charge in [0, 0.05) is 23.3 Å². The Labute approximate surface area is 108 Å². The average molecular weight is 250 g/mol. The van der Waals surface area contributed by atoms with E-state index < -0.39 is 6.04 Å². The molecule has 2 aliphatic rings. The molecular formula is C13H22N4O. The maximum Gasteiger partial charge on any atom is 0.251 e. The lowest BCUT2D eigenvalue weighted by Crippen LogP contribution is -2.62. The molecule has 0 aromatic carbocycles. The molecule has 0 aromatic rings. The van der Waals surface area contributed by atoms with Gasteiger partial charge in [0.2, 0.25) is 0 Å². The van der Waals surface area contributed by atoms with Gasteiger partial charge in [-0.1, -0.05) is 0 Å². The number of piperidine rings is 1. The van der Waals surface area contributed by atoms with Gasteiger partial charge in [-0.3, -0.25) is 4.79 Å². The predicted octanol–water partition coefficient (Wildman–Crippen LogP) is 1.76. The molecule has 18 heavy (non-hydrogen) atoms. The molecule has 100 valence electrons. The van der Waals surface area contributed by atoms with Gasteiger partial charge in [0.15, 0.2) is 6.04 Å². The molecule has 0 aliphatic carbocycles. The molecule has 1 atom stereocenters. The number of nitrogens with one attached hydrogen (secondary N) is 2. The highest BCUT2D eigenvalue weighted by Crippen LogP contribution is 2.28. The minimum Gasteiger partial charge on any atom is -0.351 e. The summed E-state index contributed by atoms with van der Waals surface area (Å²) in [5.74, 6) is -0.0500. The number of hydrogen-bond acceptors (Lipinski definition) is 4. The number of hydrogen-bond donors (Lipinski definition) is 2. The van der Waals surface area contributed by atoms with E-state index >= 15 is 0 Å². The van der Waals surface area contributed by atoms with E-state index in [-0.39, 0.29) is 23.0 Å². The average Bonchev–Trinajstić information content (AvgIpc) is 2.63. The summed E-state index contributed by atoms with van der Waals surface area (Å²) in [6.45, 7) is 8.68. The molecule has 0 saturated carbocycles. The number of nitrogens with zero attached hydrogens (tertiary/aromatic N) is 2. The van der Waals surface area contributed by atoms with Crippen molar-refractivity contribution < 1.29 is 4.79 Å². The topological polar surface area (TPSA) is 65.8 Å². The highest BCUT2D eigenvalue weighted by atomic mass is 16.2. The zero-order valence-electron chi connectivity index (χ0n) is 11.5. The van der Waals surface area contributed by atoms with E-state index in [4.69, 9.17) is 0 Å². The van der Waals surface area contributed by atoms with Crippen LogP contribution in [0.3, 0.4) is 0 Å². The lowest BCUT2D eigenvalue weighted by Gasteiger charge is -2.46. The van der Waals surface area contributed by atoms with E-state index in [9.17, 15) is 4.79 Å². The molecule has 2 heterocycles. The summed E-state index contributed by atoms with van der Waals surface area (Å²) in [4.78, 5) is 12.0. The van der Waals surface area contributed by atoms with Crippen molar-refractivity contribution in [3.8, 4) is 0 Å². The fourth-order valence-corrected chi connectivity index (χ4v) is 3.12. The SMILES string of the molecule is CC1(C)CC(NC(=O)[C@@H]2C=CN=N2)CC(C)(C)N1. The number of carbonyl (C=O) groups is 1. The third-order valence-corrected chi connectivity index (χ3v) is 3.33. The third kappa shape index (κ3) is 3.16. The Kier molecular flexibility index (Phi) is 3.27. The van der Waals surface area contributed by atoms with Crippen molar-refractivity contribution in [2.45, 2.75) is 63.7 Å². The van der Waals surface area contributed by atoms with Crippen LogP contribution in [0.25, 0.3) is 0 Å². The van der Waals surface area contributed by atoms with Crippen molar-refractivity contribution in [3.63, 3.8) is 0 Å². The molecule has 2 aliphatic heterocycles. The second-order valence-corrected chi connectivity index (χ2v) is 6.52. The molecule has 0 radical (unpaired) electrons. The molecule has 2 rings (SSSR count). The van der Waals surface area contributed by atoms with Crippen LogP contribution in [-0.4, -0.2) is 29.1 Å². The Hall–Kier alpha value is -1.23. The molecule has 2 N–H and O–H groups in total. The van der Waals surface area contributed by atoms with E-state index in [0.29, 0.717) is 0 Å². The Balaban J connectivity index is 1.98. The number of carbonyl (C=O) groups excluding carboxylic acids is 1. The summed E-state index contributed by atoms with van der Waals surface area (Å²) in [6, 6.07) is -0.251. The van der Waals surface area contributed by atoms with Crippen molar-refractivity contribution in [1.82, 2.24) is 10.6 Å².